The number of hydrogen-bond acceptors (Lipinski definition) is 6. The van der Waals surface area contributed by atoms with Crippen LogP contribution in [0.5, 0.6) is 11.5 Å². The van der Waals surface area contributed by atoms with Crippen LogP contribution >= 0.6 is 0 Å². The van der Waals surface area contributed by atoms with Crippen LogP contribution in [-0.2, 0) is 19.7 Å². The lowest BCUT2D eigenvalue weighted by molar-refractivity contribution is -0.138. The second-order valence-electron chi connectivity index (χ2n) is 8.16. The minimum Gasteiger partial charge on any atom is -0.494 e. The maximum atomic E-state index is 12.1. The van der Waals surface area contributed by atoms with Crippen LogP contribution in [0.1, 0.15) is 51.7 Å². The van der Waals surface area contributed by atoms with Crippen LogP contribution < -0.4 is 9.47 Å². The van der Waals surface area contributed by atoms with Crippen LogP contribution in [0.25, 0.3) is 6.08 Å². The lowest BCUT2D eigenvalue weighted by Crippen LogP contribution is -2.11. The van der Waals surface area contributed by atoms with Gasteiger partial charge in [-0.2, -0.15) is 5.26 Å². The highest BCUT2D eigenvalue weighted by Crippen LogP contribution is 2.24. The zero-order chi connectivity index (χ0) is 23.6. The molecule has 2 aromatic carbocycles. The molecule has 32 heavy (non-hydrogen) atoms. The molecule has 6 heteroatoms. The van der Waals surface area contributed by atoms with Crippen molar-refractivity contribution >= 4 is 18.0 Å². The number of esters is 2. The van der Waals surface area contributed by atoms with E-state index in [1.165, 1.54) is 11.6 Å². The highest BCUT2D eigenvalue weighted by atomic mass is 16.5. The average Bonchev–Trinajstić information content (AvgIpc) is 2.75. The first-order chi connectivity index (χ1) is 15.2. The van der Waals surface area contributed by atoms with Crippen molar-refractivity contribution in [3.63, 3.8) is 0 Å². The molecule has 0 heterocycles. The molecule has 0 saturated heterocycles. The second kappa shape index (κ2) is 11.7. The van der Waals surface area contributed by atoms with Crippen molar-refractivity contribution in [2.24, 2.45) is 0 Å². The smallest absolute Gasteiger partial charge is 0.348 e. The second-order valence-corrected chi connectivity index (χ2v) is 8.16. The van der Waals surface area contributed by atoms with Gasteiger partial charge in [-0.1, -0.05) is 45.0 Å². The summed E-state index contributed by atoms with van der Waals surface area (Å²) in [5.41, 5.74) is 1.75. The normalized spacial score (nSPS) is 11.4. The van der Waals surface area contributed by atoms with Crippen molar-refractivity contribution in [3.8, 4) is 17.6 Å². The lowest BCUT2D eigenvalue weighted by Gasteiger charge is -2.19. The van der Waals surface area contributed by atoms with Gasteiger partial charge in [0.1, 0.15) is 23.1 Å². The summed E-state index contributed by atoms with van der Waals surface area (Å²) in [7, 11) is 0. The Labute approximate surface area is 189 Å². The van der Waals surface area contributed by atoms with Gasteiger partial charge in [0.05, 0.1) is 13.2 Å². The molecule has 0 amide bonds. The Hall–Kier alpha value is -3.59. The third kappa shape index (κ3) is 7.92. The number of rotatable bonds is 9. The van der Waals surface area contributed by atoms with E-state index in [9.17, 15) is 9.59 Å². The van der Waals surface area contributed by atoms with Gasteiger partial charge in [-0.05, 0) is 60.2 Å². The quantitative estimate of drug-likeness (QED) is 0.176. The minimum absolute atomic E-state index is 0.0877. The number of ether oxygens (including phenoxy) is 3. The van der Waals surface area contributed by atoms with E-state index in [1.54, 1.807) is 31.2 Å². The summed E-state index contributed by atoms with van der Waals surface area (Å²) in [4.78, 5) is 23.9. The van der Waals surface area contributed by atoms with Gasteiger partial charge in [0.25, 0.3) is 0 Å². The maximum Gasteiger partial charge on any atom is 0.348 e. The van der Waals surface area contributed by atoms with Crippen molar-refractivity contribution in [2.75, 3.05) is 13.2 Å². The summed E-state index contributed by atoms with van der Waals surface area (Å²) in [6.07, 6.45) is 2.11. The number of nitriles is 1. The van der Waals surface area contributed by atoms with Crippen LogP contribution in [-0.4, -0.2) is 25.2 Å². The lowest BCUT2D eigenvalue weighted by atomic mass is 9.87. The predicted octanol–water partition coefficient (Wildman–Crippen LogP) is 5.22. The van der Waals surface area contributed by atoms with Gasteiger partial charge in [0.2, 0.25) is 0 Å². The van der Waals surface area contributed by atoms with Crippen molar-refractivity contribution in [3.05, 3.63) is 65.2 Å². The average molecular weight is 436 g/mol. The number of nitrogens with zero attached hydrogens (tertiary/aromatic N) is 1. The van der Waals surface area contributed by atoms with E-state index in [0.29, 0.717) is 24.3 Å². The summed E-state index contributed by atoms with van der Waals surface area (Å²) in [5, 5.41) is 9.13. The van der Waals surface area contributed by atoms with Crippen LogP contribution in [0, 0.1) is 11.3 Å². The van der Waals surface area contributed by atoms with E-state index in [4.69, 9.17) is 19.5 Å². The monoisotopic (exact) mass is 435 g/mol. The summed E-state index contributed by atoms with van der Waals surface area (Å²) >= 11 is 0. The number of benzene rings is 2. The van der Waals surface area contributed by atoms with Crippen LogP contribution in [0.4, 0.5) is 0 Å². The van der Waals surface area contributed by atoms with E-state index in [-0.39, 0.29) is 30.0 Å². The van der Waals surface area contributed by atoms with E-state index < -0.39 is 5.97 Å². The summed E-state index contributed by atoms with van der Waals surface area (Å²) < 4.78 is 15.9. The predicted molar refractivity (Wildman–Crippen MR) is 122 cm³/mol. The molecule has 0 spiro atoms. The van der Waals surface area contributed by atoms with Crippen LogP contribution in [0.3, 0.4) is 0 Å². The largest absolute Gasteiger partial charge is 0.494 e. The van der Waals surface area contributed by atoms with Crippen molar-refractivity contribution in [2.45, 2.75) is 46.0 Å². The topological polar surface area (TPSA) is 85.6 Å². The van der Waals surface area contributed by atoms with E-state index in [1.807, 2.05) is 30.3 Å². The summed E-state index contributed by atoms with van der Waals surface area (Å²) in [6, 6.07) is 16.4. The first kappa shape index (κ1) is 24.7. The van der Waals surface area contributed by atoms with Crippen molar-refractivity contribution in [1.29, 1.82) is 5.26 Å². The highest BCUT2D eigenvalue weighted by Gasteiger charge is 2.13. The molecule has 6 nitrogen and oxygen atoms in total. The molecular formula is C26H29NO5. The Balaban J connectivity index is 1.84. The van der Waals surface area contributed by atoms with Gasteiger partial charge < -0.3 is 14.2 Å². The van der Waals surface area contributed by atoms with Crippen molar-refractivity contribution in [1.82, 2.24) is 0 Å². The van der Waals surface area contributed by atoms with Gasteiger partial charge in [-0.3, -0.25) is 4.79 Å². The molecule has 0 fully saturated rings. The number of hydrogen-bond donors (Lipinski definition) is 0. The zero-order valence-electron chi connectivity index (χ0n) is 19.0. The molecule has 0 unspecified atom stereocenters. The molecule has 0 radical (unpaired) electrons. The Morgan fingerprint density at radius 1 is 1.06 bits per heavy atom. The fraction of sp³-hybridized carbons (Fsp3) is 0.346. The molecule has 0 atom stereocenters. The van der Waals surface area contributed by atoms with Gasteiger partial charge in [0.15, 0.2) is 0 Å². The number of carbonyl (C=O) groups is 2. The number of carbonyl (C=O) groups excluding carboxylic acids is 2. The Morgan fingerprint density at radius 2 is 1.78 bits per heavy atom. The molecular weight excluding hydrogens is 406 g/mol. The standard InChI is InChI=1S/C26H29NO5/c1-5-30-25(29)20(18-27)16-19-8-6-9-23(17-19)32-24(28)10-7-15-31-22-13-11-21(12-14-22)26(2,3)4/h6,8-9,11-14,16-17H,5,7,10,15H2,1-4H3/b20-16+. The van der Waals surface area contributed by atoms with Crippen LogP contribution in [0.2, 0.25) is 0 Å². The zero-order valence-corrected chi connectivity index (χ0v) is 19.0. The van der Waals surface area contributed by atoms with Crippen molar-refractivity contribution < 1.29 is 23.8 Å². The first-order valence-corrected chi connectivity index (χ1v) is 10.6. The molecule has 168 valence electrons. The van der Waals surface area contributed by atoms with Crippen LogP contribution in [0.15, 0.2) is 54.1 Å². The van der Waals surface area contributed by atoms with Gasteiger partial charge in [-0.15, -0.1) is 0 Å². The van der Waals surface area contributed by atoms with E-state index in [0.717, 1.165) is 5.75 Å². The van der Waals surface area contributed by atoms with E-state index >= 15 is 0 Å². The summed E-state index contributed by atoms with van der Waals surface area (Å²) in [5.74, 6) is 0.0264. The molecule has 0 bridgehead atoms. The molecule has 0 saturated carbocycles. The fourth-order valence-electron chi connectivity index (χ4n) is 2.82. The highest BCUT2D eigenvalue weighted by molar-refractivity contribution is 5.97. The van der Waals surface area contributed by atoms with E-state index in [2.05, 4.69) is 20.8 Å². The molecule has 2 rings (SSSR count). The summed E-state index contributed by atoms with van der Waals surface area (Å²) in [6.45, 7) is 8.72. The minimum atomic E-state index is -0.689. The molecule has 0 aromatic heterocycles. The van der Waals surface area contributed by atoms with Gasteiger partial charge >= 0.3 is 11.9 Å². The third-order valence-electron chi connectivity index (χ3n) is 4.53. The third-order valence-corrected chi connectivity index (χ3v) is 4.53. The first-order valence-electron chi connectivity index (χ1n) is 10.6. The van der Waals surface area contributed by atoms with Gasteiger partial charge in [-0.25, -0.2) is 4.79 Å². The maximum absolute atomic E-state index is 12.1. The molecule has 0 N–H and O–H groups in total. The molecule has 2 aromatic rings. The Kier molecular flexibility index (Phi) is 9.03. The SMILES string of the molecule is CCOC(=O)/C(C#N)=C/c1cccc(OC(=O)CCCOc2ccc(C(C)(C)C)cc2)c1. The Morgan fingerprint density at radius 3 is 2.41 bits per heavy atom. The molecule has 0 aliphatic carbocycles. The Bertz CT molecular complexity index is 994. The van der Waals surface area contributed by atoms with Gasteiger partial charge in [0, 0.05) is 6.42 Å². The fourth-order valence-corrected chi connectivity index (χ4v) is 2.82. The molecule has 0 aliphatic heterocycles. The molecule has 0 aliphatic rings.